The Morgan fingerprint density at radius 2 is 2.31 bits per heavy atom. The summed E-state index contributed by atoms with van der Waals surface area (Å²) in [4.78, 5) is 15.3. The van der Waals surface area contributed by atoms with Gasteiger partial charge in [0.2, 0.25) is 11.8 Å². The molecule has 0 amide bonds. The maximum absolute atomic E-state index is 5.36. The van der Waals surface area contributed by atoms with Crippen molar-refractivity contribution in [2.24, 2.45) is 5.92 Å². The van der Waals surface area contributed by atoms with Crippen molar-refractivity contribution in [3.8, 4) is 5.88 Å². The minimum Gasteiger partial charge on any atom is -0.481 e. The molecule has 1 aliphatic heterocycles. The van der Waals surface area contributed by atoms with E-state index in [1.807, 2.05) is 18.2 Å². The normalized spacial score (nSPS) is 16.8. The average Bonchev–Trinajstić information content (AvgIpc) is 2.67. The molecule has 0 unspecified atom stereocenters. The molecule has 1 fully saturated rings. The molecule has 0 radical (unpaired) electrons. The van der Waals surface area contributed by atoms with Crippen LogP contribution in [0.1, 0.15) is 25.3 Å². The summed E-state index contributed by atoms with van der Waals surface area (Å²) < 4.78 is 5.33. The number of anilines is 2. The predicted molar refractivity (Wildman–Crippen MR) is 106 cm³/mol. The number of hydrogen-bond donors (Lipinski definition) is 2. The fourth-order valence-corrected chi connectivity index (χ4v) is 3.13. The molecule has 0 saturated carbocycles. The van der Waals surface area contributed by atoms with Gasteiger partial charge in [-0.1, -0.05) is 13.0 Å². The number of nitrogens with one attached hydrogen (secondary N) is 2. The Morgan fingerprint density at radius 1 is 1.42 bits per heavy atom. The maximum atomic E-state index is 5.36. The van der Waals surface area contributed by atoms with Crippen molar-refractivity contribution in [2.75, 3.05) is 30.4 Å². The summed E-state index contributed by atoms with van der Waals surface area (Å²) in [5, 5.41) is 6.64. The van der Waals surface area contributed by atoms with Crippen molar-refractivity contribution in [1.29, 1.82) is 0 Å². The molecule has 2 aromatic rings. The largest absolute Gasteiger partial charge is 0.481 e. The predicted octanol–water partition coefficient (Wildman–Crippen LogP) is 2.60. The highest BCUT2D eigenvalue weighted by Crippen LogP contribution is 2.25. The van der Waals surface area contributed by atoms with Crippen LogP contribution in [0.5, 0.6) is 5.88 Å². The molecule has 2 aromatic heterocycles. The fraction of sp³-hybridized carbons (Fsp3) is 0.444. The first kappa shape index (κ1) is 18.3. The molecule has 0 aromatic carbocycles. The Balaban J connectivity index is 1.66. The Labute approximate surface area is 159 Å². The lowest BCUT2D eigenvalue weighted by Gasteiger charge is -2.32. The molecule has 2 N–H and O–H groups in total. The van der Waals surface area contributed by atoms with Gasteiger partial charge in [0.15, 0.2) is 5.11 Å². The summed E-state index contributed by atoms with van der Waals surface area (Å²) >= 11 is 5.36. The smallest absolute Gasteiger partial charge is 0.234 e. The first-order chi connectivity index (χ1) is 12.6. The van der Waals surface area contributed by atoms with Crippen molar-refractivity contribution >= 4 is 29.1 Å². The summed E-state index contributed by atoms with van der Waals surface area (Å²) in [6.45, 7) is 4.83. The first-order valence-corrected chi connectivity index (χ1v) is 9.16. The van der Waals surface area contributed by atoms with Crippen LogP contribution >= 0.6 is 12.2 Å². The number of ether oxygens (including phenoxy) is 1. The van der Waals surface area contributed by atoms with E-state index in [4.69, 9.17) is 17.0 Å². The second kappa shape index (κ2) is 8.75. The molecule has 0 spiro atoms. The van der Waals surface area contributed by atoms with Crippen molar-refractivity contribution in [3.05, 3.63) is 36.2 Å². The zero-order chi connectivity index (χ0) is 18.4. The molecule has 26 heavy (non-hydrogen) atoms. The van der Waals surface area contributed by atoms with Gasteiger partial charge in [0.05, 0.1) is 7.11 Å². The summed E-state index contributed by atoms with van der Waals surface area (Å²) in [7, 11) is 1.60. The molecule has 1 aliphatic rings. The molecular formula is C18H24N6OS. The van der Waals surface area contributed by atoms with E-state index in [2.05, 4.69) is 37.4 Å². The number of aromatic nitrogens is 3. The fourth-order valence-electron chi connectivity index (χ4n) is 2.96. The third kappa shape index (κ3) is 5.01. The number of methoxy groups -OCH3 is 1. The number of thiocarbonyl (C=S) groups is 1. The molecule has 0 aliphatic carbocycles. The minimum atomic E-state index is 0.432. The third-order valence-electron chi connectivity index (χ3n) is 4.28. The molecule has 1 atom stereocenters. The lowest BCUT2D eigenvalue weighted by molar-refractivity contribution is 0.396. The van der Waals surface area contributed by atoms with Crippen LogP contribution in [0.4, 0.5) is 11.8 Å². The van der Waals surface area contributed by atoms with Gasteiger partial charge in [-0.15, -0.1) is 0 Å². The van der Waals surface area contributed by atoms with E-state index in [9.17, 15) is 0 Å². The molecule has 3 heterocycles. The van der Waals surface area contributed by atoms with Crippen LogP contribution in [0.25, 0.3) is 0 Å². The van der Waals surface area contributed by atoms with Crippen LogP contribution in [0.15, 0.2) is 30.6 Å². The van der Waals surface area contributed by atoms with Gasteiger partial charge in [-0.2, -0.15) is 9.97 Å². The van der Waals surface area contributed by atoms with Gasteiger partial charge in [-0.3, -0.25) is 4.98 Å². The molecule has 138 valence electrons. The van der Waals surface area contributed by atoms with Gasteiger partial charge in [0.25, 0.3) is 0 Å². The van der Waals surface area contributed by atoms with E-state index in [-0.39, 0.29) is 0 Å². The van der Waals surface area contributed by atoms with Crippen molar-refractivity contribution in [1.82, 2.24) is 20.3 Å². The Bertz CT molecular complexity index is 742. The maximum Gasteiger partial charge on any atom is 0.234 e. The lowest BCUT2D eigenvalue weighted by atomic mass is 10.0. The Morgan fingerprint density at radius 3 is 3.04 bits per heavy atom. The van der Waals surface area contributed by atoms with Gasteiger partial charge in [-0.05, 0) is 42.6 Å². The van der Waals surface area contributed by atoms with Crippen molar-refractivity contribution in [3.63, 3.8) is 0 Å². The van der Waals surface area contributed by atoms with E-state index in [0.29, 0.717) is 29.4 Å². The minimum absolute atomic E-state index is 0.432. The average molecular weight is 372 g/mol. The highest BCUT2D eigenvalue weighted by molar-refractivity contribution is 7.80. The quantitative estimate of drug-likeness (QED) is 0.776. The van der Waals surface area contributed by atoms with Gasteiger partial charge in [0, 0.05) is 38.1 Å². The first-order valence-electron chi connectivity index (χ1n) is 8.76. The number of hydrogen-bond acceptors (Lipinski definition) is 6. The van der Waals surface area contributed by atoms with Crippen LogP contribution in [-0.4, -0.2) is 40.3 Å². The number of pyridine rings is 1. The zero-order valence-corrected chi connectivity index (χ0v) is 15.9. The van der Waals surface area contributed by atoms with Gasteiger partial charge < -0.3 is 20.3 Å². The topological polar surface area (TPSA) is 75.2 Å². The zero-order valence-electron chi connectivity index (χ0n) is 15.1. The SMILES string of the molecule is COc1cc(N2CCC[C@H](C)C2)nc(NC(=S)NCc2cccnc2)n1. The standard InChI is InChI=1S/C18H24N6OS/c1-13-5-4-8-24(12-13)15-9-16(25-2)22-17(21-15)23-18(26)20-11-14-6-3-7-19-10-14/h3,6-7,9-10,13H,4-5,8,11-12H2,1-2H3,(H2,20,21,22,23,26)/t13-/m0/s1. The molecule has 7 nitrogen and oxygen atoms in total. The Hall–Kier alpha value is -2.48. The van der Waals surface area contributed by atoms with E-state index in [1.165, 1.54) is 12.8 Å². The highest BCUT2D eigenvalue weighted by Gasteiger charge is 2.19. The van der Waals surface area contributed by atoms with E-state index in [1.54, 1.807) is 19.5 Å². The van der Waals surface area contributed by atoms with E-state index in [0.717, 1.165) is 24.5 Å². The molecular weight excluding hydrogens is 348 g/mol. The third-order valence-corrected chi connectivity index (χ3v) is 4.53. The monoisotopic (exact) mass is 372 g/mol. The van der Waals surface area contributed by atoms with Gasteiger partial charge >= 0.3 is 0 Å². The van der Waals surface area contributed by atoms with Gasteiger partial charge in [0.1, 0.15) is 5.82 Å². The van der Waals surface area contributed by atoms with Gasteiger partial charge in [-0.25, -0.2) is 0 Å². The van der Waals surface area contributed by atoms with Crippen molar-refractivity contribution < 1.29 is 4.74 Å². The Kier molecular flexibility index (Phi) is 6.17. The number of nitrogens with zero attached hydrogens (tertiary/aromatic N) is 4. The van der Waals surface area contributed by atoms with Crippen LogP contribution in [-0.2, 0) is 6.54 Å². The molecule has 8 heteroatoms. The second-order valence-corrected chi connectivity index (χ2v) is 6.86. The van der Waals surface area contributed by atoms with Crippen LogP contribution in [0, 0.1) is 5.92 Å². The lowest BCUT2D eigenvalue weighted by Crippen LogP contribution is -2.35. The molecule has 0 bridgehead atoms. The summed E-state index contributed by atoms with van der Waals surface area (Å²) in [5.74, 6) is 2.47. The summed E-state index contributed by atoms with van der Waals surface area (Å²) in [6, 6.07) is 5.75. The summed E-state index contributed by atoms with van der Waals surface area (Å²) in [5.41, 5.74) is 1.05. The molecule has 3 rings (SSSR count). The van der Waals surface area contributed by atoms with Crippen LogP contribution in [0.3, 0.4) is 0 Å². The number of rotatable bonds is 5. The van der Waals surface area contributed by atoms with Crippen LogP contribution < -0.4 is 20.3 Å². The second-order valence-electron chi connectivity index (χ2n) is 6.45. The molecule has 1 saturated heterocycles. The van der Waals surface area contributed by atoms with Crippen LogP contribution in [0.2, 0.25) is 0 Å². The summed E-state index contributed by atoms with van der Waals surface area (Å²) in [6.07, 6.45) is 5.97. The van der Waals surface area contributed by atoms with Crippen molar-refractivity contribution in [2.45, 2.75) is 26.3 Å². The van der Waals surface area contributed by atoms with E-state index < -0.39 is 0 Å². The number of piperidine rings is 1. The highest BCUT2D eigenvalue weighted by atomic mass is 32.1. The van der Waals surface area contributed by atoms with E-state index >= 15 is 0 Å².